The molecule has 0 saturated heterocycles. The zero-order valence-corrected chi connectivity index (χ0v) is 16.6. The van der Waals surface area contributed by atoms with Crippen LogP contribution in [0.25, 0.3) is 0 Å². The Bertz CT molecular complexity index is 690. The van der Waals surface area contributed by atoms with E-state index in [9.17, 15) is 14.4 Å². The van der Waals surface area contributed by atoms with E-state index in [2.05, 4.69) is 10.6 Å². The predicted molar refractivity (Wildman–Crippen MR) is 104 cm³/mol. The molecule has 1 aromatic rings. The van der Waals surface area contributed by atoms with Gasteiger partial charge in [-0.25, -0.2) is 4.79 Å². The number of benzene rings is 1. The maximum atomic E-state index is 12.7. The third-order valence-electron chi connectivity index (χ3n) is 4.67. The third-order valence-corrected chi connectivity index (χ3v) is 4.67. The number of hydrogen-bond acceptors (Lipinski definition) is 6. The highest BCUT2D eigenvalue weighted by Crippen LogP contribution is 2.15. The van der Waals surface area contributed by atoms with Crippen LogP contribution in [0.4, 0.5) is 0 Å². The van der Waals surface area contributed by atoms with Crippen LogP contribution in [0.3, 0.4) is 0 Å². The Hall–Kier alpha value is -2.61. The van der Waals surface area contributed by atoms with Crippen molar-refractivity contribution < 1.29 is 23.9 Å². The average Bonchev–Trinajstić information content (AvgIpc) is 2.67. The summed E-state index contributed by atoms with van der Waals surface area (Å²) >= 11 is 0. The molecule has 28 heavy (non-hydrogen) atoms. The number of nitrogens with one attached hydrogen (secondary N) is 2. The second-order valence-corrected chi connectivity index (χ2v) is 7.26. The standard InChI is InChI=1S/C20H29N3O5/c1-12(2)17-19(25)22-16(20(26)27-3)5-4-10-28-14-8-6-13(7-9-14)11-15(21)18(24)23-17/h6-9,12,15-17H,4-5,10-11,21H2,1-3H3,(H,22,25)(H,23,24)/t15-,16-,17-/m0/s1. The monoisotopic (exact) mass is 391 g/mol. The van der Waals surface area contributed by atoms with Crippen molar-refractivity contribution in [1.82, 2.24) is 10.6 Å². The highest BCUT2D eigenvalue weighted by molar-refractivity contribution is 5.92. The second-order valence-electron chi connectivity index (χ2n) is 7.26. The van der Waals surface area contributed by atoms with Crippen molar-refractivity contribution in [3.63, 3.8) is 0 Å². The number of esters is 1. The maximum Gasteiger partial charge on any atom is 0.328 e. The highest BCUT2D eigenvalue weighted by atomic mass is 16.5. The SMILES string of the molecule is COC(=O)[C@@H]1CCCOc2ccc(cc2)C[C@H](N)C(=O)N[C@@H](C(C)C)C(=O)N1. The molecule has 8 nitrogen and oxygen atoms in total. The summed E-state index contributed by atoms with van der Waals surface area (Å²) in [4.78, 5) is 37.3. The Morgan fingerprint density at radius 1 is 1.18 bits per heavy atom. The van der Waals surface area contributed by atoms with Gasteiger partial charge in [-0.15, -0.1) is 0 Å². The van der Waals surface area contributed by atoms with Crippen LogP contribution in [0, 0.1) is 5.92 Å². The number of amides is 2. The largest absolute Gasteiger partial charge is 0.494 e. The van der Waals surface area contributed by atoms with E-state index in [0.717, 1.165) is 5.56 Å². The van der Waals surface area contributed by atoms with Crippen molar-refractivity contribution in [3.05, 3.63) is 29.8 Å². The van der Waals surface area contributed by atoms with Gasteiger partial charge >= 0.3 is 5.97 Å². The normalized spacial score (nSPS) is 24.2. The number of ether oxygens (including phenoxy) is 2. The van der Waals surface area contributed by atoms with Gasteiger partial charge in [-0.2, -0.15) is 0 Å². The first-order valence-corrected chi connectivity index (χ1v) is 9.47. The maximum absolute atomic E-state index is 12.7. The molecule has 0 unspecified atom stereocenters. The zero-order valence-electron chi connectivity index (χ0n) is 16.6. The molecular weight excluding hydrogens is 362 g/mol. The minimum Gasteiger partial charge on any atom is -0.494 e. The van der Waals surface area contributed by atoms with Crippen LogP contribution in [0.2, 0.25) is 0 Å². The van der Waals surface area contributed by atoms with Gasteiger partial charge in [-0.3, -0.25) is 9.59 Å². The van der Waals surface area contributed by atoms with Gasteiger partial charge in [-0.1, -0.05) is 26.0 Å². The van der Waals surface area contributed by atoms with Gasteiger partial charge in [0.25, 0.3) is 0 Å². The lowest BCUT2D eigenvalue weighted by molar-refractivity contribution is -0.145. The summed E-state index contributed by atoms with van der Waals surface area (Å²) in [6.45, 7) is 4.02. The molecule has 0 saturated carbocycles. The minimum atomic E-state index is -0.816. The molecule has 4 N–H and O–H groups in total. The van der Waals surface area contributed by atoms with E-state index < -0.39 is 35.9 Å². The Balaban J connectivity index is 2.25. The summed E-state index contributed by atoms with van der Waals surface area (Å²) in [5.41, 5.74) is 6.93. The predicted octanol–water partition coefficient (Wildman–Crippen LogP) is 0.528. The molecule has 0 spiro atoms. The summed E-state index contributed by atoms with van der Waals surface area (Å²) in [6.07, 6.45) is 1.24. The molecule has 0 radical (unpaired) electrons. The summed E-state index contributed by atoms with van der Waals surface area (Å²) in [5, 5.41) is 5.40. The molecule has 2 bridgehead atoms. The Labute approximate surface area is 165 Å². The van der Waals surface area contributed by atoms with E-state index in [1.807, 2.05) is 38.1 Å². The van der Waals surface area contributed by atoms with E-state index in [1.165, 1.54) is 7.11 Å². The summed E-state index contributed by atoms with van der Waals surface area (Å²) in [7, 11) is 1.27. The van der Waals surface area contributed by atoms with Gasteiger partial charge < -0.3 is 25.8 Å². The fourth-order valence-corrected chi connectivity index (χ4v) is 2.99. The minimum absolute atomic E-state index is 0.184. The van der Waals surface area contributed by atoms with E-state index in [0.29, 0.717) is 31.6 Å². The van der Waals surface area contributed by atoms with Crippen LogP contribution in [-0.4, -0.2) is 49.6 Å². The Morgan fingerprint density at radius 2 is 1.86 bits per heavy atom. The average molecular weight is 391 g/mol. The number of hydrogen-bond donors (Lipinski definition) is 3. The fraction of sp³-hybridized carbons (Fsp3) is 0.550. The van der Waals surface area contributed by atoms with Crippen LogP contribution in [0.1, 0.15) is 32.3 Å². The molecule has 3 rings (SSSR count). The molecule has 2 heterocycles. The summed E-state index contributed by atoms with van der Waals surface area (Å²) in [6, 6.07) is 4.94. The molecule has 2 aliphatic heterocycles. The topological polar surface area (TPSA) is 120 Å². The van der Waals surface area contributed by atoms with E-state index in [-0.39, 0.29) is 5.92 Å². The van der Waals surface area contributed by atoms with E-state index in [4.69, 9.17) is 15.2 Å². The second kappa shape index (κ2) is 10.1. The molecule has 154 valence electrons. The fourth-order valence-electron chi connectivity index (χ4n) is 2.99. The Kier molecular flexibility index (Phi) is 7.80. The van der Waals surface area contributed by atoms with Crippen molar-refractivity contribution in [2.45, 2.75) is 51.2 Å². The van der Waals surface area contributed by atoms with Gasteiger partial charge in [0.1, 0.15) is 17.8 Å². The van der Waals surface area contributed by atoms with Crippen LogP contribution >= 0.6 is 0 Å². The first kappa shape index (κ1) is 21.7. The first-order valence-electron chi connectivity index (χ1n) is 9.47. The molecule has 1 aromatic carbocycles. The lowest BCUT2D eigenvalue weighted by Crippen LogP contribution is -2.56. The molecule has 2 aliphatic rings. The number of rotatable bonds is 2. The zero-order chi connectivity index (χ0) is 20.7. The smallest absolute Gasteiger partial charge is 0.328 e. The lowest BCUT2D eigenvalue weighted by atomic mass is 10.0. The van der Waals surface area contributed by atoms with Gasteiger partial charge in [-0.05, 0) is 42.9 Å². The molecule has 0 aliphatic carbocycles. The van der Waals surface area contributed by atoms with Crippen molar-refractivity contribution >= 4 is 17.8 Å². The molecule has 2 amide bonds. The first-order chi connectivity index (χ1) is 13.3. The summed E-state index contributed by atoms with van der Waals surface area (Å²) in [5.74, 6) is -0.897. The lowest BCUT2D eigenvalue weighted by Gasteiger charge is -2.26. The number of fused-ring (bicyclic) bond motifs is 13. The quantitative estimate of drug-likeness (QED) is 0.633. The van der Waals surface area contributed by atoms with Crippen molar-refractivity contribution in [1.29, 1.82) is 0 Å². The van der Waals surface area contributed by atoms with Gasteiger partial charge in [0.05, 0.1) is 19.8 Å². The number of carbonyl (C=O) groups is 3. The number of nitrogens with two attached hydrogens (primary N) is 1. The van der Waals surface area contributed by atoms with Crippen molar-refractivity contribution in [3.8, 4) is 5.75 Å². The Morgan fingerprint density at radius 3 is 2.46 bits per heavy atom. The van der Waals surface area contributed by atoms with Crippen molar-refractivity contribution in [2.75, 3.05) is 13.7 Å². The molecule has 0 fully saturated rings. The van der Waals surface area contributed by atoms with Crippen LogP contribution < -0.4 is 21.1 Å². The van der Waals surface area contributed by atoms with E-state index >= 15 is 0 Å². The van der Waals surface area contributed by atoms with Gasteiger partial charge in [0, 0.05) is 0 Å². The van der Waals surface area contributed by atoms with Crippen LogP contribution in [0.15, 0.2) is 24.3 Å². The molecule has 0 aromatic heterocycles. The summed E-state index contributed by atoms with van der Waals surface area (Å²) < 4.78 is 10.5. The van der Waals surface area contributed by atoms with E-state index in [1.54, 1.807) is 0 Å². The van der Waals surface area contributed by atoms with Crippen molar-refractivity contribution in [2.24, 2.45) is 11.7 Å². The molecule has 8 heteroatoms. The molecule has 3 atom stereocenters. The molecular formula is C20H29N3O5. The number of methoxy groups -OCH3 is 1. The highest BCUT2D eigenvalue weighted by Gasteiger charge is 2.30. The van der Waals surface area contributed by atoms with Gasteiger partial charge in [0.15, 0.2) is 0 Å². The van der Waals surface area contributed by atoms with Gasteiger partial charge in [0.2, 0.25) is 11.8 Å². The third kappa shape index (κ3) is 5.95. The van der Waals surface area contributed by atoms with Crippen LogP contribution in [0.5, 0.6) is 5.75 Å². The number of carbonyl (C=O) groups excluding carboxylic acids is 3. The van der Waals surface area contributed by atoms with Crippen LogP contribution in [-0.2, 0) is 25.5 Å².